The van der Waals surface area contributed by atoms with Crippen LogP contribution >= 0.6 is 24.0 Å². The molecule has 2 aromatic rings. The molecule has 1 fully saturated rings. The summed E-state index contributed by atoms with van der Waals surface area (Å²) in [6, 6.07) is 14.1. The molecule has 7 heteroatoms. The Labute approximate surface area is 183 Å². The van der Waals surface area contributed by atoms with E-state index < -0.39 is 0 Å². The third kappa shape index (κ3) is 6.19. The van der Waals surface area contributed by atoms with Crippen LogP contribution in [-0.4, -0.2) is 43.0 Å². The summed E-state index contributed by atoms with van der Waals surface area (Å²) in [5.41, 5.74) is 2.13. The van der Waals surface area contributed by atoms with Gasteiger partial charge in [-0.1, -0.05) is 30.3 Å². The molecule has 150 valence electrons. The van der Waals surface area contributed by atoms with Gasteiger partial charge in [-0.05, 0) is 37.5 Å². The molecule has 1 aliphatic carbocycles. The number of nitrogens with one attached hydrogen (secondary N) is 3. The highest BCUT2D eigenvalue weighted by molar-refractivity contribution is 14.0. The third-order valence-electron chi connectivity index (χ3n) is 4.75. The maximum absolute atomic E-state index is 12.0. The van der Waals surface area contributed by atoms with Crippen LogP contribution in [0, 0.1) is 0 Å². The van der Waals surface area contributed by atoms with Gasteiger partial charge in [0.25, 0.3) is 5.91 Å². The number of aliphatic imine (C=N–C) groups is 1. The maximum Gasteiger partial charge on any atom is 0.252 e. The first-order valence-electron chi connectivity index (χ1n) is 9.49. The number of rotatable bonds is 8. The second-order valence-corrected chi connectivity index (χ2v) is 6.77. The van der Waals surface area contributed by atoms with Crippen molar-refractivity contribution in [2.75, 3.05) is 26.2 Å². The molecule has 28 heavy (non-hydrogen) atoms. The van der Waals surface area contributed by atoms with Gasteiger partial charge in [-0.3, -0.25) is 14.8 Å². The quantitative estimate of drug-likeness (QED) is 0.229. The van der Waals surface area contributed by atoms with Crippen molar-refractivity contribution in [3.63, 3.8) is 0 Å². The van der Waals surface area contributed by atoms with Gasteiger partial charge in [-0.2, -0.15) is 0 Å². The SMILES string of the molecule is CCNC(=NCC1(c2ccccc2)CC1)NCCNC(=O)c1cccnc1.I. The number of hydrogen-bond donors (Lipinski definition) is 3. The van der Waals surface area contributed by atoms with Crippen LogP contribution < -0.4 is 16.0 Å². The van der Waals surface area contributed by atoms with E-state index in [4.69, 9.17) is 4.99 Å². The van der Waals surface area contributed by atoms with Gasteiger partial charge in [0.1, 0.15) is 0 Å². The molecule has 1 heterocycles. The average molecular weight is 493 g/mol. The normalized spacial score (nSPS) is 14.5. The van der Waals surface area contributed by atoms with E-state index in [9.17, 15) is 4.79 Å². The summed E-state index contributed by atoms with van der Waals surface area (Å²) >= 11 is 0. The topological polar surface area (TPSA) is 78.4 Å². The fourth-order valence-corrected chi connectivity index (χ4v) is 3.01. The molecule has 1 aliphatic rings. The first kappa shape index (κ1) is 22.1. The van der Waals surface area contributed by atoms with E-state index >= 15 is 0 Å². The molecule has 3 rings (SSSR count). The summed E-state index contributed by atoms with van der Waals surface area (Å²) in [5, 5.41) is 9.44. The molecular weight excluding hydrogens is 465 g/mol. The van der Waals surface area contributed by atoms with Crippen LogP contribution in [0.3, 0.4) is 0 Å². The number of guanidine groups is 1. The van der Waals surface area contributed by atoms with Gasteiger partial charge < -0.3 is 16.0 Å². The molecule has 6 nitrogen and oxygen atoms in total. The molecule has 1 saturated carbocycles. The zero-order chi connectivity index (χ0) is 19.0. The molecule has 0 bridgehead atoms. The van der Waals surface area contributed by atoms with E-state index in [1.54, 1.807) is 24.5 Å². The minimum absolute atomic E-state index is 0. The molecule has 0 atom stereocenters. The Hall–Kier alpha value is -2.16. The first-order valence-corrected chi connectivity index (χ1v) is 9.49. The van der Waals surface area contributed by atoms with Gasteiger partial charge in [0.05, 0.1) is 12.1 Å². The van der Waals surface area contributed by atoms with Crippen LogP contribution in [0.4, 0.5) is 0 Å². The number of benzene rings is 1. The molecule has 1 aromatic carbocycles. The fourth-order valence-electron chi connectivity index (χ4n) is 3.01. The highest BCUT2D eigenvalue weighted by atomic mass is 127. The standard InChI is InChI=1S/C21H27N5O.HI/c1-2-23-20(25-14-13-24-19(27)17-7-6-12-22-15-17)26-16-21(10-11-21)18-8-4-3-5-9-18;/h3-9,12,15H,2,10-11,13-14,16H2,1H3,(H,24,27)(H2,23,25,26);1H. The molecule has 0 aliphatic heterocycles. The van der Waals surface area contributed by atoms with Gasteiger partial charge in [0.2, 0.25) is 0 Å². The third-order valence-corrected chi connectivity index (χ3v) is 4.75. The van der Waals surface area contributed by atoms with Crippen LogP contribution in [-0.2, 0) is 5.41 Å². The first-order chi connectivity index (χ1) is 13.2. The molecule has 1 amide bonds. The van der Waals surface area contributed by atoms with Crippen molar-refractivity contribution >= 4 is 35.8 Å². The lowest BCUT2D eigenvalue weighted by molar-refractivity contribution is 0.0954. The Morgan fingerprint density at radius 1 is 1.07 bits per heavy atom. The van der Waals surface area contributed by atoms with E-state index in [2.05, 4.69) is 45.2 Å². The lowest BCUT2D eigenvalue weighted by Crippen LogP contribution is -2.42. The monoisotopic (exact) mass is 493 g/mol. The van der Waals surface area contributed by atoms with E-state index in [-0.39, 0.29) is 35.3 Å². The van der Waals surface area contributed by atoms with Crippen molar-refractivity contribution in [2.45, 2.75) is 25.2 Å². The second kappa shape index (κ2) is 11.0. The van der Waals surface area contributed by atoms with Gasteiger partial charge in [0, 0.05) is 37.4 Å². The van der Waals surface area contributed by atoms with Crippen molar-refractivity contribution in [1.82, 2.24) is 20.9 Å². The second-order valence-electron chi connectivity index (χ2n) is 6.77. The smallest absolute Gasteiger partial charge is 0.252 e. The van der Waals surface area contributed by atoms with Crippen molar-refractivity contribution in [2.24, 2.45) is 4.99 Å². The van der Waals surface area contributed by atoms with Crippen molar-refractivity contribution in [1.29, 1.82) is 0 Å². The molecule has 0 spiro atoms. The predicted molar refractivity (Wildman–Crippen MR) is 123 cm³/mol. The summed E-state index contributed by atoms with van der Waals surface area (Å²) in [5.74, 6) is 0.670. The van der Waals surface area contributed by atoms with E-state index in [0.717, 1.165) is 19.0 Å². The average Bonchev–Trinajstić information content (AvgIpc) is 3.51. The van der Waals surface area contributed by atoms with E-state index in [0.29, 0.717) is 18.7 Å². The van der Waals surface area contributed by atoms with Gasteiger partial charge in [-0.15, -0.1) is 24.0 Å². The van der Waals surface area contributed by atoms with Crippen LogP contribution in [0.1, 0.15) is 35.7 Å². The summed E-state index contributed by atoms with van der Waals surface area (Å²) in [7, 11) is 0. The Balaban J connectivity index is 0.00000280. The number of hydrogen-bond acceptors (Lipinski definition) is 3. The lowest BCUT2D eigenvalue weighted by atomic mass is 9.96. The minimum atomic E-state index is -0.118. The van der Waals surface area contributed by atoms with E-state index in [1.807, 2.05) is 13.0 Å². The fraction of sp³-hybridized carbons (Fsp3) is 0.381. The highest BCUT2D eigenvalue weighted by Gasteiger charge is 2.43. The number of nitrogens with zero attached hydrogens (tertiary/aromatic N) is 2. The number of amides is 1. The molecule has 0 saturated heterocycles. The lowest BCUT2D eigenvalue weighted by Gasteiger charge is -2.16. The maximum atomic E-state index is 12.0. The summed E-state index contributed by atoms with van der Waals surface area (Å²) in [6.45, 7) is 4.74. The molecule has 0 radical (unpaired) electrons. The largest absolute Gasteiger partial charge is 0.357 e. The molecular formula is C21H28IN5O. The Morgan fingerprint density at radius 2 is 1.82 bits per heavy atom. The van der Waals surface area contributed by atoms with Crippen LogP contribution in [0.15, 0.2) is 59.9 Å². The highest BCUT2D eigenvalue weighted by Crippen LogP contribution is 2.48. The zero-order valence-electron chi connectivity index (χ0n) is 16.1. The minimum Gasteiger partial charge on any atom is -0.357 e. The van der Waals surface area contributed by atoms with Gasteiger partial charge in [-0.25, -0.2) is 0 Å². The van der Waals surface area contributed by atoms with Crippen molar-refractivity contribution < 1.29 is 4.79 Å². The summed E-state index contributed by atoms with van der Waals surface area (Å²) in [6.07, 6.45) is 5.58. The zero-order valence-corrected chi connectivity index (χ0v) is 18.5. The Bertz CT molecular complexity index is 763. The van der Waals surface area contributed by atoms with Crippen molar-refractivity contribution in [3.8, 4) is 0 Å². The summed E-state index contributed by atoms with van der Waals surface area (Å²) in [4.78, 5) is 20.7. The summed E-state index contributed by atoms with van der Waals surface area (Å²) < 4.78 is 0. The van der Waals surface area contributed by atoms with Crippen molar-refractivity contribution in [3.05, 3.63) is 66.0 Å². The van der Waals surface area contributed by atoms with Gasteiger partial charge in [0.15, 0.2) is 5.96 Å². The van der Waals surface area contributed by atoms with Crippen LogP contribution in [0.5, 0.6) is 0 Å². The molecule has 1 aromatic heterocycles. The Kier molecular flexibility index (Phi) is 8.69. The van der Waals surface area contributed by atoms with Crippen LogP contribution in [0.25, 0.3) is 0 Å². The van der Waals surface area contributed by atoms with E-state index in [1.165, 1.54) is 18.4 Å². The molecule has 0 unspecified atom stereocenters. The number of carbonyl (C=O) groups excluding carboxylic acids is 1. The number of aromatic nitrogens is 1. The number of pyridine rings is 1. The van der Waals surface area contributed by atoms with Gasteiger partial charge >= 0.3 is 0 Å². The number of halogens is 1. The Morgan fingerprint density at radius 3 is 2.46 bits per heavy atom. The number of carbonyl (C=O) groups is 1. The van der Waals surface area contributed by atoms with Crippen LogP contribution in [0.2, 0.25) is 0 Å². The molecule has 3 N–H and O–H groups in total. The predicted octanol–water partition coefficient (Wildman–Crippen LogP) is 2.72.